The fraction of sp³-hybridized carbons (Fsp3) is 0.143. The van der Waals surface area contributed by atoms with Crippen molar-refractivity contribution in [3.05, 3.63) is 41.2 Å². The molecule has 0 bridgehead atoms. The lowest BCUT2D eigenvalue weighted by molar-refractivity contribution is -0.116. The molecule has 0 aliphatic carbocycles. The summed E-state index contributed by atoms with van der Waals surface area (Å²) in [5.74, 6) is -2.60. The fourth-order valence-corrected chi connectivity index (χ4v) is 2.71. The van der Waals surface area contributed by atoms with Gasteiger partial charge in [0, 0.05) is 11.5 Å². The number of nitrogens with one attached hydrogen (secondary N) is 1. The molecule has 24 heavy (non-hydrogen) atoms. The van der Waals surface area contributed by atoms with Crippen LogP contribution in [-0.2, 0) is 9.53 Å². The second-order valence-electron chi connectivity index (χ2n) is 4.70. The van der Waals surface area contributed by atoms with Gasteiger partial charge in [0.05, 0.1) is 18.2 Å². The predicted molar refractivity (Wildman–Crippen MR) is 81.7 cm³/mol. The van der Waals surface area contributed by atoms with Crippen LogP contribution in [0.25, 0.3) is 0 Å². The topological polar surface area (TPSA) is 119 Å². The van der Waals surface area contributed by atoms with Crippen molar-refractivity contribution in [3.63, 3.8) is 0 Å². The van der Waals surface area contributed by atoms with E-state index >= 15 is 0 Å². The predicted octanol–water partition coefficient (Wildman–Crippen LogP) is 0.559. The molecule has 0 unspecified atom stereocenters. The summed E-state index contributed by atoms with van der Waals surface area (Å²) in [5, 5.41) is 2.45. The maximum Gasteiger partial charge on any atom is 0.377 e. The quantitative estimate of drug-likeness (QED) is 0.634. The van der Waals surface area contributed by atoms with Gasteiger partial charge in [0.15, 0.2) is 0 Å². The van der Waals surface area contributed by atoms with Gasteiger partial charge < -0.3 is 4.74 Å². The van der Waals surface area contributed by atoms with Crippen LogP contribution >= 0.6 is 11.5 Å². The largest absolute Gasteiger partial charge is 0.463 e. The van der Waals surface area contributed by atoms with Crippen LogP contribution in [0.4, 0.5) is 5.13 Å². The molecule has 1 aromatic carbocycles. The van der Waals surface area contributed by atoms with Gasteiger partial charge in [-0.25, -0.2) is 4.79 Å². The zero-order valence-electron chi connectivity index (χ0n) is 12.3. The van der Waals surface area contributed by atoms with Gasteiger partial charge in [-0.3, -0.25) is 24.6 Å². The Morgan fingerprint density at radius 3 is 2.42 bits per heavy atom. The standard InChI is InChI=1S/C14H10N4O5S/c1-23-13(22)10-16-14(24-17-10)15-9(19)6-18-11(20)7-4-2-3-5-8(7)12(18)21/h2-5H,6H2,1H3,(H,15,16,17,19). The highest BCUT2D eigenvalue weighted by Gasteiger charge is 2.36. The number of imide groups is 1. The molecular weight excluding hydrogens is 336 g/mol. The van der Waals surface area contributed by atoms with Crippen molar-refractivity contribution in [1.82, 2.24) is 14.3 Å². The van der Waals surface area contributed by atoms with Crippen molar-refractivity contribution < 1.29 is 23.9 Å². The molecule has 1 aliphatic rings. The van der Waals surface area contributed by atoms with Gasteiger partial charge in [-0.15, -0.1) is 0 Å². The van der Waals surface area contributed by atoms with Crippen molar-refractivity contribution in [2.75, 3.05) is 19.0 Å². The highest BCUT2D eigenvalue weighted by Crippen LogP contribution is 2.22. The molecular formula is C14H10N4O5S. The summed E-state index contributed by atoms with van der Waals surface area (Å²) in [5.41, 5.74) is 0.526. The van der Waals surface area contributed by atoms with Crippen LogP contribution in [0.2, 0.25) is 0 Å². The second kappa shape index (κ2) is 6.16. The van der Waals surface area contributed by atoms with E-state index in [1.807, 2.05) is 0 Å². The molecule has 0 fully saturated rings. The van der Waals surface area contributed by atoms with Gasteiger partial charge in [-0.1, -0.05) is 12.1 Å². The fourth-order valence-electron chi connectivity index (χ4n) is 2.13. The molecule has 1 aliphatic heterocycles. The number of hydrogen-bond acceptors (Lipinski definition) is 8. The molecule has 0 saturated heterocycles. The summed E-state index contributed by atoms with van der Waals surface area (Å²) in [4.78, 5) is 52.2. The molecule has 0 atom stereocenters. The molecule has 0 spiro atoms. The Kier molecular flexibility index (Phi) is 4.04. The number of rotatable bonds is 4. The van der Waals surface area contributed by atoms with E-state index in [0.717, 1.165) is 16.4 Å². The molecule has 1 aromatic heterocycles. The van der Waals surface area contributed by atoms with E-state index < -0.39 is 30.2 Å². The van der Waals surface area contributed by atoms with Gasteiger partial charge in [-0.05, 0) is 12.1 Å². The number of ether oxygens (including phenoxy) is 1. The van der Waals surface area contributed by atoms with Gasteiger partial charge >= 0.3 is 5.97 Å². The van der Waals surface area contributed by atoms with Gasteiger partial charge in [0.25, 0.3) is 17.6 Å². The Hall–Kier alpha value is -3.14. The lowest BCUT2D eigenvalue weighted by atomic mass is 10.1. The maximum atomic E-state index is 12.2. The number of esters is 1. The lowest BCUT2D eigenvalue weighted by Crippen LogP contribution is -2.37. The van der Waals surface area contributed by atoms with Gasteiger partial charge in [0.2, 0.25) is 11.0 Å². The van der Waals surface area contributed by atoms with E-state index in [1.54, 1.807) is 12.1 Å². The summed E-state index contributed by atoms with van der Waals surface area (Å²) >= 11 is 0.786. The summed E-state index contributed by atoms with van der Waals surface area (Å²) in [6.45, 7) is -0.459. The van der Waals surface area contributed by atoms with Crippen molar-refractivity contribution in [1.29, 1.82) is 0 Å². The molecule has 0 radical (unpaired) electrons. The number of benzene rings is 1. The molecule has 2 aromatic rings. The third kappa shape index (κ3) is 2.74. The minimum absolute atomic E-state index is 0.0667. The summed E-state index contributed by atoms with van der Waals surface area (Å²) < 4.78 is 8.19. The van der Waals surface area contributed by atoms with Crippen LogP contribution in [0.3, 0.4) is 0 Å². The third-order valence-corrected chi connectivity index (χ3v) is 3.85. The van der Waals surface area contributed by atoms with Crippen LogP contribution in [0.1, 0.15) is 31.3 Å². The molecule has 10 heteroatoms. The first kappa shape index (κ1) is 15.7. The molecule has 3 amide bonds. The van der Waals surface area contributed by atoms with E-state index in [9.17, 15) is 19.2 Å². The Labute approximate surface area is 139 Å². The number of hydrogen-bond donors (Lipinski definition) is 1. The zero-order chi connectivity index (χ0) is 17.3. The van der Waals surface area contributed by atoms with Crippen LogP contribution in [0.15, 0.2) is 24.3 Å². The van der Waals surface area contributed by atoms with E-state index in [1.165, 1.54) is 19.2 Å². The first-order valence-electron chi connectivity index (χ1n) is 6.68. The average molecular weight is 346 g/mol. The number of carbonyl (C=O) groups is 4. The van der Waals surface area contributed by atoms with Crippen LogP contribution < -0.4 is 5.32 Å². The van der Waals surface area contributed by atoms with Gasteiger partial charge in [0.1, 0.15) is 6.54 Å². The Morgan fingerprint density at radius 1 is 1.21 bits per heavy atom. The van der Waals surface area contributed by atoms with E-state index in [2.05, 4.69) is 19.4 Å². The first-order valence-corrected chi connectivity index (χ1v) is 7.45. The molecule has 2 heterocycles. The number of amides is 3. The molecule has 3 rings (SSSR count). The maximum absolute atomic E-state index is 12.2. The highest BCUT2D eigenvalue weighted by molar-refractivity contribution is 7.10. The van der Waals surface area contributed by atoms with Crippen molar-refractivity contribution >= 4 is 40.4 Å². The van der Waals surface area contributed by atoms with Crippen molar-refractivity contribution in [3.8, 4) is 0 Å². The molecule has 122 valence electrons. The summed E-state index contributed by atoms with van der Waals surface area (Å²) in [6, 6.07) is 6.34. The van der Waals surface area contributed by atoms with Crippen LogP contribution in [0, 0.1) is 0 Å². The normalized spacial score (nSPS) is 13.0. The first-order chi connectivity index (χ1) is 11.5. The van der Waals surface area contributed by atoms with E-state index in [0.29, 0.717) is 0 Å². The highest BCUT2D eigenvalue weighted by atomic mass is 32.1. The smallest absolute Gasteiger partial charge is 0.377 e. The molecule has 1 N–H and O–H groups in total. The third-order valence-electron chi connectivity index (χ3n) is 3.22. The number of anilines is 1. The number of methoxy groups -OCH3 is 1. The SMILES string of the molecule is COC(=O)c1nsc(NC(=O)CN2C(=O)c3ccccc3C2=O)n1. The number of nitrogens with zero attached hydrogens (tertiary/aromatic N) is 3. The number of fused-ring (bicyclic) bond motifs is 1. The summed E-state index contributed by atoms with van der Waals surface area (Å²) in [7, 11) is 1.18. The monoisotopic (exact) mass is 346 g/mol. The number of aromatic nitrogens is 2. The van der Waals surface area contributed by atoms with E-state index in [4.69, 9.17) is 0 Å². The Morgan fingerprint density at radius 2 is 1.83 bits per heavy atom. The summed E-state index contributed by atoms with van der Waals surface area (Å²) in [6.07, 6.45) is 0. The lowest BCUT2D eigenvalue weighted by Gasteiger charge is -2.12. The molecule has 0 saturated carbocycles. The minimum atomic E-state index is -0.730. The minimum Gasteiger partial charge on any atom is -0.463 e. The van der Waals surface area contributed by atoms with Crippen molar-refractivity contribution in [2.45, 2.75) is 0 Å². The Balaban J connectivity index is 1.68. The van der Waals surface area contributed by atoms with Gasteiger partial charge in [-0.2, -0.15) is 9.36 Å². The van der Waals surface area contributed by atoms with Crippen molar-refractivity contribution in [2.24, 2.45) is 0 Å². The second-order valence-corrected chi connectivity index (χ2v) is 5.46. The van der Waals surface area contributed by atoms with Crippen LogP contribution in [0.5, 0.6) is 0 Å². The zero-order valence-corrected chi connectivity index (χ0v) is 13.1. The molecule has 9 nitrogen and oxygen atoms in total. The van der Waals surface area contributed by atoms with Crippen LogP contribution in [-0.4, -0.2) is 51.6 Å². The average Bonchev–Trinajstić information content (AvgIpc) is 3.14. The number of carbonyl (C=O) groups excluding carboxylic acids is 4. The Bertz CT molecular complexity index is 827. The van der Waals surface area contributed by atoms with E-state index in [-0.39, 0.29) is 22.1 Å².